The molecule has 2 amide bonds. The third kappa shape index (κ3) is 8.70. The number of likely N-dealkylation sites (tertiary alicyclic amines) is 1. The standard InChI is InChI=1S/C29H37Cl3N4O2/c1-3-25(36-14-5-4-9-28(36)37)10-12-34-13-11-26(20-7-6-8-22(30)15-20)27(33)19-35(2)29(38)21-16-23(31)18-24(32)17-21/h6-8,15-18,25-26,33-34H,3-5,9-14,19H2,1-2H3. The number of carbonyl (C=O) groups is 2. The molecule has 2 N–H and O–H groups in total. The molecule has 0 aliphatic carbocycles. The highest BCUT2D eigenvalue weighted by Crippen LogP contribution is 2.25. The molecule has 2 unspecified atom stereocenters. The third-order valence-corrected chi connectivity index (χ3v) is 7.74. The lowest BCUT2D eigenvalue weighted by Gasteiger charge is -2.34. The molecular formula is C29H37Cl3N4O2. The number of hydrogen-bond donors (Lipinski definition) is 2. The zero-order chi connectivity index (χ0) is 27.7. The van der Waals surface area contributed by atoms with Crippen molar-refractivity contribution in [1.29, 1.82) is 5.41 Å². The van der Waals surface area contributed by atoms with Crippen LogP contribution in [0.4, 0.5) is 0 Å². The normalized spacial score (nSPS) is 15.3. The summed E-state index contributed by atoms with van der Waals surface area (Å²) >= 11 is 18.4. The van der Waals surface area contributed by atoms with E-state index in [2.05, 4.69) is 17.1 Å². The molecule has 3 rings (SSSR count). The number of hydrogen-bond acceptors (Lipinski definition) is 4. The van der Waals surface area contributed by atoms with E-state index in [1.807, 2.05) is 24.3 Å². The van der Waals surface area contributed by atoms with Gasteiger partial charge in [-0.25, -0.2) is 0 Å². The molecule has 1 aliphatic heterocycles. The van der Waals surface area contributed by atoms with Crippen LogP contribution in [0.15, 0.2) is 42.5 Å². The molecule has 0 radical (unpaired) electrons. The Labute approximate surface area is 241 Å². The molecule has 1 fully saturated rings. The van der Waals surface area contributed by atoms with E-state index in [0.29, 0.717) is 45.7 Å². The lowest BCUT2D eigenvalue weighted by molar-refractivity contribution is -0.136. The maximum Gasteiger partial charge on any atom is 0.254 e. The first-order chi connectivity index (χ1) is 18.2. The second-order valence-corrected chi connectivity index (χ2v) is 11.2. The van der Waals surface area contributed by atoms with Crippen molar-refractivity contribution in [3.63, 3.8) is 0 Å². The zero-order valence-corrected chi connectivity index (χ0v) is 24.4. The highest BCUT2D eigenvalue weighted by Gasteiger charge is 2.25. The van der Waals surface area contributed by atoms with Gasteiger partial charge in [-0.1, -0.05) is 53.9 Å². The van der Waals surface area contributed by atoms with E-state index in [9.17, 15) is 9.59 Å². The summed E-state index contributed by atoms with van der Waals surface area (Å²) in [4.78, 5) is 28.9. The molecule has 2 aromatic rings. The van der Waals surface area contributed by atoms with Gasteiger partial charge in [0.15, 0.2) is 0 Å². The summed E-state index contributed by atoms with van der Waals surface area (Å²) in [6, 6.07) is 12.6. The summed E-state index contributed by atoms with van der Waals surface area (Å²) < 4.78 is 0. The number of nitrogens with zero attached hydrogens (tertiary/aromatic N) is 2. The van der Waals surface area contributed by atoms with E-state index >= 15 is 0 Å². The number of piperidine rings is 1. The average Bonchev–Trinajstić information content (AvgIpc) is 2.88. The van der Waals surface area contributed by atoms with Crippen molar-refractivity contribution in [2.45, 2.75) is 57.4 Å². The summed E-state index contributed by atoms with van der Waals surface area (Å²) in [5, 5.41) is 13.8. The fourth-order valence-electron chi connectivity index (χ4n) is 5.03. The number of nitrogens with one attached hydrogen (secondary N) is 2. The Balaban J connectivity index is 1.60. The molecule has 38 heavy (non-hydrogen) atoms. The molecule has 0 saturated carbocycles. The van der Waals surface area contributed by atoms with Gasteiger partial charge in [0.2, 0.25) is 5.91 Å². The molecule has 0 aromatic heterocycles. The van der Waals surface area contributed by atoms with Gasteiger partial charge < -0.3 is 20.5 Å². The summed E-state index contributed by atoms with van der Waals surface area (Å²) in [6.45, 7) is 4.66. The molecule has 206 valence electrons. The van der Waals surface area contributed by atoms with Crippen LogP contribution in [0.1, 0.15) is 67.3 Å². The van der Waals surface area contributed by atoms with Crippen LogP contribution < -0.4 is 5.32 Å². The molecule has 2 atom stereocenters. The highest BCUT2D eigenvalue weighted by molar-refractivity contribution is 6.35. The monoisotopic (exact) mass is 578 g/mol. The van der Waals surface area contributed by atoms with Crippen LogP contribution in [-0.4, -0.2) is 66.6 Å². The Bertz CT molecular complexity index is 1110. The van der Waals surface area contributed by atoms with Crippen molar-refractivity contribution < 1.29 is 9.59 Å². The Kier molecular flexibility index (Phi) is 11.9. The van der Waals surface area contributed by atoms with E-state index in [4.69, 9.17) is 40.2 Å². The SMILES string of the molecule is CCC(CCNCCC(C(=N)CN(C)C(=O)c1cc(Cl)cc(Cl)c1)c1cccc(Cl)c1)N1CCCCC1=O. The Morgan fingerprint density at radius 2 is 1.76 bits per heavy atom. The van der Waals surface area contributed by atoms with Gasteiger partial charge in [-0.05, 0) is 81.1 Å². The minimum atomic E-state index is -0.250. The molecule has 2 aromatic carbocycles. The van der Waals surface area contributed by atoms with E-state index in [0.717, 1.165) is 44.3 Å². The van der Waals surface area contributed by atoms with Crippen LogP contribution in [0.2, 0.25) is 15.1 Å². The van der Waals surface area contributed by atoms with E-state index in [1.165, 1.54) is 4.90 Å². The average molecular weight is 580 g/mol. The van der Waals surface area contributed by atoms with Crippen molar-refractivity contribution in [2.24, 2.45) is 0 Å². The quantitative estimate of drug-likeness (QED) is 0.205. The Morgan fingerprint density at radius 3 is 2.42 bits per heavy atom. The predicted octanol–water partition coefficient (Wildman–Crippen LogP) is 6.68. The van der Waals surface area contributed by atoms with Crippen molar-refractivity contribution in [3.05, 3.63) is 68.7 Å². The summed E-state index contributed by atoms with van der Waals surface area (Å²) in [6.07, 6.45) is 5.27. The zero-order valence-electron chi connectivity index (χ0n) is 22.1. The minimum absolute atomic E-state index is 0.162. The van der Waals surface area contributed by atoms with Crippen molar-refractivity contribution >= 4 is 52.3 Å². The molecule has 0 bridgehead atoms. The highest BCUT2D eigenvalue weighted by atomic mass is 35.5. The number of halogens is 3. The third-order valence-electron chi connectivity index (χ3n) is 7.07. The molecular weight excluding hydrogens is 543 g/mol. The fraction of sp³-hybridized carbons (Fsp3) is 0.483. The number of rotatable bonds is 13. The van der Waals surface area contributed by atoms with Gasteiger partial charge in [0, 0.05) is 58.3 Å². The van der Waals surface area contributed by atoms with Crippen LogP contribution in [0, 0.1) is 5.41 Å². The van der Waals surface area contributed by atoms with Crippen molar-refractivity contribution in [2.75, 3.05) is 33.2 Å². The molecule has 1 aliphatic rings. The number of benzene rings is 2. The van der Waals surface area contributed by atoms with Crippen LogP contribution in [0.3, 0.4) is 0 Å². The lowest BCUT2D eigenvalue weighted by Crippen LogP contribution is -2.44. The Morgan fingerprint density at radius 1 is 1.05 bits per heavy atom. The molecule has 9 heteroatoms. The molecule has 1 heterocycles. The van der Waals surface area contributed by atoms with Gasteiger partial charge >= 0.3 is 0 Å². The second-order valence-electron chi connectivity index (χ2n) is 9.89. The Hall–Kier alpha value is -2.12. The van der Waals surface area contributed by atoms with Gasteiger partial charge in [-0.3, -0.25) is 9.59 Å². The molecule has 6 nitrogen and oxygen atoms in total. The van der Waals surface area contributed by atoms with Crippen LogP contribution in [0.25, 0.3) is 0 Å². The van der Waals surface area contributed by atoms with E-state index in [1.54, 1.807) is 25.2 Å². The molecule has 1 saturated heterocycles. The lowest BCUT2D eigenvalue weighted by atomic mass is 9.90. The largest absolute Gasteiger partial charge is 0.340 e. The fourth-order valence-corrected chi connectivity index (χ4v) is 5.76. The van der Waals surface area contributed by atoms with Crippen LogP contribution in [0.5, 0.6) is 0 Å². The van der Waals surface area contributed by atoms with Gasteiger partial charge in [0.25, 0.3) is 5.91 Å². The predicted molar refractivity (Wildman–Crippen MR) is 157 cm³/mol. The minimum Gasteiger partial charge on any atom is -0.340 e. The van der Waals surface area contributed by atoms with Crippen LogP contribution in [-0.2, 0) is 4.79 Å². The summed E-state index contributed by atoms with van der Waals surface area (Å²) in [5.41, 5.74) is 1.75. The van der Waals surface area contributed by atoms with Crippen LogP contribution >= 0.6 is 34.8 Å². The topological polar surface area (TPSA) is 76.5 Å². The van der Waals surface area contributed by atoms with E-state index in [-0.39, 0.29) is 30.3 Å². The first kappa shape index (κ1) is 30.4. The van der Waals surface area contributed by atoms with Gasteiger partial charge in [0.05, 0.1) is 6.54 Å². The summed E-state index contributed by atoms with van der Waals surface area (Å²) in [5.74, 6) is -0.179. The van der Waals surface area contributed by atoms with Gasteiger partial charge in [0.1, 0.15) is 0 Å². The van der Waals surface area contributed by atoms with Crippen molar-refractivity contribution in [3.8, 4) is 0 Å². The first-order valence-corrected chi connectivity index (χ1v) is 14.4. The summed E-state index contributed by atoms with van der Waals surface area (Å²) in [7, 11) is 1.67. The second kappa shape index (κ2) is 14.9. The van der Waals surface area contributed by atoms with Crippen molar-refractivity contribution in [1.82, 2.24) is 15.1 Å². The smallest absolute Gasteiger partial charge is 0.254 e. The number of carbonyl (C=O) groups excluding carboxylic acids is 2. The van der Waals surface area contributed by atoms with E-state index < -0.39 is 0 Å². The molecule has 0 spiro atoms. The maximum absolute atomic E-state index is 13.0. The number of amides is 2. The van der Waals surface area contributed by atoms with Gasteiger partial charge in [-0.2, -0.15) is 0 Å². The maximum atomic E-state index is 13.0. The first-order valence-electron chi connectivity index (χ1n) is 13.2. The van der Waals surface area contributed by atoms with Gasteiger partial charge in [-0.15, -0.1) is 0 Å².